The predicted octanol–water partition coefficient (Wildman–Crippen LogP) is 1.66. The smallest absolute Gasteiger partial charge is 0.276 e. The molecule has 132 valence electrons. The second kappa shape index (κ2) is 6.79. The first-order valence-corrected chi connectivity index (χ1v) is 9.82. The van der Waals surface area contributed by atoms with Crippen molar-refractivity contribution in [2.75, 3.05) is 28.8 Å². The third-order valence-electron chi connectivity index (χ3n) is 4.39. The van der Waals surface area contributed by atoms with Gasteiger partial charge in [0.25, 0.3) is 5.91 Å². The largest absolute Gasteiger partial charge is 0.354 e. The number of nitrogens with zero attached hydrogens (tertiary/aromatic N) is 3. The highest BCUT2D eigenvalue weighted by atomic mass is 32.2. The minimum absolute atomic E-state index is 0.106. The molecule has 25 heavy (non-hydrogen) atoms. The third-order valence-corrected chi connectivity index (χ3v) is 6.14. The molecule has 0 spiro atoms. The van der Waals surface area contributed by atoms with Crippen LogP contribution in [0.2, 0.25) is 0 Å². The molecule has 0 bridgehead atoms. The summed E-state index contributed by atoms with van der Waals surface area (Å²) in [5.74, 6) is 0.543. The number of hydrogen-bond acceptors (Lipinski definition) is 6. The molecule has 1 fully saturated rings. The van der Waals surface area contributed by atoms with Crippen molar-refractivity contribution in [3.63, 3.8) is 0 Å². The number of nitrogens with one attached hydrogen (secondary N) is 1. The average molecular weight is 360 g/mol. The first kappa shape index (κ1) is 17.3. The Balaban J connectivity index is 1.69. The lowest BCUT2D eigenvalue weighted by Gasteiger charge is -2.23. The lowest BCUT2D eigenvalue weighted by atomic mass is 10.2. The van der Waals surface area contributed by atoms with E-state index in [0.717, 1.165) is 11.3 Å². The van der Waals surface area contributed by atoms with E-state index in [1.807, 2.05) is 31.2 Å². The first-order chi connectivity index (χ1) is 11.9. The fourth-order valence-electron chi connectivity index (χ4n) is 2.80. The van der Waals surface area contributed by atoms with E-state index in [4.69, 9.17) is 0 Å². The molecule has 0 radical (unpaired) electrons. The number of aromatic nitrogens is 2. The Labute approximate surface area is 147 Å². The Morgan fingerprint density at radius 3 is 2.56 bits per heavy atom. The summed E-state index contributed by atoms with van der Waals surface area (Å²) in [5, 5.41) is 10.9. The Hall–Kier alpha value is -2.48. The predicted molar refractivity (Wildman–Crippen MR) is 96.6 cm³/mol. The van der Waals surface area contributed by atoms with Gasteiger partial charge in [0, 0.05) is 18.8 Å². The summed E-state index contributed by atoms with van der Waals surface area (Å²) >= 11 is 0. The highest BCUT2D eigenvalue weighted by Crippen LogP contribution is 2.21. The number of carbonyl (C=O) groups is 1. The lowest BCUT2D eigenvalue weighted by Crippen LogP contribution is -2.33. The average Bonchev–Trinajstić information content (AvgIpc) is 2.96. The van der Waals surface area contributed by atoms with E-state index in [0.29, 0.717) is 12.2 Å². The van der Waals surface area contributed by atoms with Gasteiger partial charge in [0.1, 0.15) is 0 Å². The fraction of sp³-hybridized carbons (Fsp3) is 0.353. The van der Waals surface area contributed by atoms with Crippen LogP contribution >= 0.6 is 0 Å². The van der Waals surface area contributed by atoms with Gasteiger partial charge in [-0.2, -0.15) is 0 Å². The van der Waals surface area contributed by atoms with Crippen molar-refractivity contribution in [2.24, 2.45) is 0 Å². The molecule has 0 saturated carbocycles. The van der Waals surface area contributed by atoms with Gasteiger partial charge >= 0.3 is 0 Å². The van der Waals surface area contributed by atoms with Gasteiger partial charge in [-0.1, -0.05) is 18.2 Å². The number of sulfone groups is 1. The second-order valence-electron chi connectivity index (χ2n) is 6.21. The minimum Gasteiger partial charge on any atom is -0.354 e. The van der Waals surface area contributed by atoms with E-state index in [1.54, 1.807) is 24.1 Å². The molecule has 7 nitrogen and oxygen atoms in total. The maximum absolute atomic E-state index is 12.3. The molecule has 1 N–H and O–H groups in total. The minimum atomic E-state index is -2.96. The molecule has 1 amide bonds. The molecular formula is C17H20N4O3S. The molecule has 0 aliphatic carbocycles. The fourth-order valence-corrected chi connectivity index (χ4v) is 4.58. The molecule has 1 saturated heterocycles. The van der Waals surface area contributed by atoms with E-state index >= 15 is 0 Å². The molecule has 2 aromatic rings. The van der Waals surface area contributed by atoms with Crippen molar-refractivity contribution < 1.29 is 13.2 Å². The zero-order chi connectivity index (χ0) is 18.0. The van der Waals surface area contributed by atoms with E-state index in [1.165, 1.54) is 0 Å². The van der Waals surface area contributed by atoms with E-state index in [-0.39, 0.29) is 29.1 Å². The normalized spacial score (nSPS) is 18.7. The van der Waals surface area contributed by atoms with Crippen molar-refractivity contribution in [3.8, 4) is 0 Å². The SMILES string of the molecule is Cc1ccccc1NC(=O)c1ccc(N(C)C2CCS(=O)(=O)C2)nn1. The number of anilines is 2. The molecule has 3 rings (SSSR count). The van der Waals surface area contributed by atoms with Crippen LogP contribution < -0.4 is 10.2 Å². The summed E-state index contributed by atoms with van der Waals surface area (Å²) in [5.41, 5.74) is 1.90. The lowest BCUT2D eigenvalue weighted by molar-refractivity contribution is 0.102. The molecule has 1 aliphatic heterocycles. The maximum atomic E-state index is 12.3. The van der Waals surface area contributed by atoms with E-state index in [9.17, 15) is 13.2 Å². The van der Waals surface area contributed by atoms with Crippen LogP contribution in [0.15, 0.2) is 36.4 Å². The third kappa shape index (κ3) is 3.96. The molecular weight excluding hydrogens is 340 g/mol. The van der Waals surface area contributed by atoms with Gasteiger partial charge in [-0.3, -0.25) is 4.79 Å². The molecule has 1 aromatic heterocycles. The summed E-state index contributed by atoms with van der Waals surface area (Å²) in [6, 6.07) is 10.7. The van der Waals surface area contributed by atoms with Crippen molar-refractivity contribution >= 4 is 27.2 Å². The van der Waals surface area contributed by atoms with Crippen molar-refractivity contribution in [2.45, 2.75) is 19.4 Å². The van der Waals surface area contributed by atoms with Gasteiger partial charge in [0.2, 0.25) is 0 Å². The number of carbonyl (C=O) groups excluding carboxylic acids is 1. The summed E-state index contributed by atoms with van der Waals surface area (Å²) < 4.78 is 23.2. The van der Waals surface area contributed by atoms with Gasteiger partial charge in [0.15, 0.2) is 21.3 Å². The Kier molecular flexibility index (Phi) is 4.71. The summed E-state index contributed by atoms with van der Waals surface area (Å²) in [4.78, 5) is 14.1. The Bertz CT molecular complexity index is 881. The van der Waals surface area contributed by atoms with Crippen LogP contribution in [0.5, 0.6) is 0 Å². The zero-order valence-corrected chi connectivity index (χ0v) is 15.0. The molecule has 8 heteroatoms. The van der Waals surface area contributed by atoms with Crippen LogP contribution in [0, 0.1) is 6.92 Å². The van der Waals surface area contributed by atoms with Gasteiger partial charge < -0.3 is 10.2 Å². The first-order valence-electron chi connectivity index (χ1n) is 8.00. The van der Waals surface area contributed by atoms with Crippen molar-refractivity contribution in [1.82, 2.24) is 10.2 Å². The topological polar surface area (TPSA) is 92.3 Å². The zero-order valence-electron chi connectivity index (χ0n) is 14.1. The van der Waals surface area contributed by atoms with Crippen LogP contribution in [0.3, 0.4) is 0 Å². The molecule has 1 aromatic carbocycles. The number of para-hydroxylation sites is 1. The van der Waals surface area contributed by atoms with E-state index < -0.39 is 9.84 Å². The Morgan fingerprint density at radius 2 is 1.96 bits per heavy atom. The monoisotopic (exact) mass is 360 g/mol. The van der Waals surface area contributed by atoms with Crippen LogP contribution in [0.25, 0.3) is 0 Å². The van der Waals surface area contributed by atoms with Crippen molar-refractivity contribution in [1.29, 1.82) is 0 Å². The van der Waals surface area contributed by atoms with Gasteiger partial charge in [-0.25, -0.2) is 8.42 Å². The summed E-state index contributed by atoms with van der Waals surface area (Å²) in [6.45, 7) is 1.91. The van der Waals surface area contributed by atoms with E-state index in [2.05, 4.69) is 15.5 Å². The second-order valence-corrected chi connectivity index (χ2v) is 8.44. The summed E-state index contributed by atoms with van der Waals surface area (Å²) in [6.07, 6.45) is 0.579. The molecule has 1 unspecified atom stereocenters. The van der Waals surface area contributed by atoms with Crippen LogP contribution in [-0.4, -0.2) is 49.1 Å². The van der Waals surface area contributed by atoms with Crippen LogP contribution in [0.4, 0.5) is 11.5 Å². The van der Waals surface area contributed by atoms with Gasteiger partial charge in [0.05, 0.1) is 11.5 Å². The molecule has 1 aliphatic rings. The van der Waals surface area contributed by atoms with Crippen LogP contribution in [0.1, 0.15) is 22.5 Å². The highest BCUT2D eigenvalue weighted by molar-refractivity contribution is 7.91. The highest BCUT2D eigenvalue weighted by Gasteiger charge is 2.31. The molecule has 1 atom stereocenters. The van der Waals surface area contributed by atoms with Gasteiger partial charge in [-0.05, 0) is 37.1 Å². The molecule has 2 heterocycles. The summed E-state index contributed by atoms with van der Waals surface area (Å²) in [7, 11) is -1.17. The standard InChI is InChI=1S/C17H20N4O3S/c1-12-5-3-4-6-14(12)18-17(22)15-7-8-16(20-19-15)21(2)13-9-10-25(23,24)11-13/h3-8,13H,9-11H2,1-2H3,(H,18,22). The maximum Gasteiger partial charge on any atom is 0.276 e. The number of amides is 1. The van der Waals surface area contributed by atoms with Crippen LogP contribution in [-0.2, 0) is 9.84 Å². The Morgan fingerprint density at radius 1 is 1.20 bits per heavy atom. The van der Waals surface area contributed by atoms with Crippen molar-refractivity contribution in [3.05, 3.63) is 47.7 Å². The number of aryl methyl sites for hydroxylation is 1. The quantitative estimate of drug-likeness (QED) is 0.891. The number of hydrogen-bond donors (Lipinski definition) is 1. The number of rotatable bonds is 4. The van der Waals surface area contributed by atoms with Gasteiger partial charge in [-0.15, -0.1) is 10.2 Å². The number of benzene rings is 1.